The van der Waals surface area contributed by atoms with E-state index in [-0.39, 0.29) is 11.3 Å². The minimum atomic E-state index is -3.60. The van der Waals surface area contributed by atoms with Gasteiger partial charge in [-0.05, 0) is 41.0 Å². The molecule has 0 heterocycles. The number of nitrogens with one attached hydrogen (secondary N) is 1. The number of hydrogen-bond acceptors (Lipinski definition) is 3. The van der Waals surface area contributed by atoms with Crippen molar-refractivity contribution in [1.82, 2.24) is 0 Å². The highest BCUT2D eigenvalue weighted by atomic mass is 32.2. The predicted octanol–water partition coefficient (Wildman–Crippen LogP) is 3.99. The Hall–Kier alpha value is -3.12. The van der Waals surface area contributed by atoms with Crippen LogP contribution in [0.15, 0.2) is 78.9 Å². The van der Waals surface area contributed by atoms with Gasteiger partial charge in [0.2, 0.25) is 10.0 Å². The van der Waals surface area contributed by atoms with Crippen LogP contribution in [-0.2, 0) is 15.8 Å². The molecule has 0 aliphatic carbocycles. The Labute approximate surface area is 152 Å². The molecule has 0 aliphatic rings. The van der Waals surface area contributed by atoms with Crippen LogP contribution < -0.4 is 4.72 Å². The molecular weight excluding hydrogens is 350 g/mol. The highest BCUT2D eigenvalue weighted by molar-refractivity contribution is 7.91. The van der Waals surface area contributed by atoms with Gasteiger partial charge in [-0.1, -0.05) is 54.6 Å². The monoisotopic (exact) mass is 367 g/mol. The number of anilines is 1. The molecule has 0 saturated heterocycles. The first-order valence-electron chi connectivity index (χ1n) is 7.91. The first kappa shape index (κ1) is 17.7. The van der Waals surface area contributed by atoms with Gasteiger partial charge in [0.1, 0.15) is 0 Å². The molecule has 26 heavy (non-hydrogen) atoms. The second kappa shape index (κ2) is 7.41. The maximum absolute atomic E-state index is 12.3. The van der Waals surface area contributed by atoms with Crippen LogP contribution in [0, 0.1) is 0 Å². The lowest BCUT2D eigenvalue weighted by molar-refractivity contribution is 0.0697. The summed E-state index contributed by atoms with van der Waals surface area (Å²) >= 11 is 0. The van der Waals surface area contributed by atoms with Crippen molar-refractivity contribution < 1.29 is 18.3 Å². The van der Waals surface area contributed by atoms with Crippen molar-refractivity contribution in [2.45, 2.75) is 5.75 Å². The smallest absolute Gasteiger partial charge is 0.335 e. The number of sulfonamides is 1. The normalized spacial score (nSPS) is 11.1. The molecule has 132 valence electrons. The molecule has 0 aromatic heterocycles. The number of rotatable bonds is 6. The number of carboxylic acids is 1. The van der Waals surface area contributed by atoms with E-state index in [2.05, 4.69) is 4.72 Å². The quantitative estimate of drug-likeness (QED) is 0.690. The number of carbonyl (C=O) groups is 1. The van der Waals surface area contributed by atoms with Gasteiger partial charge in [0.25, 0.3) is 0 Å². The first-order chi connectivity index (χ1) is 12.4. The van der Waals surface area contributed by atoms with Crippen molar-refractivity contribution in [2.24, 2.45) is 0 Å². The maximum atomic E-state index is 12.3. The van der Waals surface area contributed by atoms with Gasteiger partial charge < -0.3 is 5.11 Å². The second-order valence-electron chi connectivity index (χ2n) is 5.81. The molecule has 0 spiro atoms. The van der Waals surface area contributed by atoms with Crippen molar-refractivity contribution in [3.05, 3.63) is 90.0 Å². The summed E-state index contributed by atoms with van der Waals surface area (Å²) in [5.41, 5.74) is 3.17. The van der Waals surface area contributed by atoms with Crippen molar-refractivity contribution in [3.63, 3.8) is 0 Å². The standard InChI is InChI=1S/C20H17NO4S/c22-20(23)18-8-6-15(7-9-18)14-26(24,25)21-19-12-10-17(11-13-19)16-4-2-1-3-5-16/h1-13,21H,14H2,(H,22,23). The molecule has 0 amide bonds. The third kappa shape index (κ3) is 4.49. The Morgan fingerprint density at radius 1 is 0.808 bits per heavy atom. The molecule has 0 atom stereocenters. The van der Waals surface area contributed by atoms with E-state index >= 15 is 0 Å². The Kier molecular flexibility index (Phi) is 5.04. The molecule has 0 fully saturated rings. The average Bonchev–Trinajstić information content (AvgIpc) is 2.63. The van der Waals surface area contributed by atoms with E-state index in [1.165, 1.54) is 24.3 Å². The Bertz CT molecular complexity index is 996. The summed E-state index contributed by atoms with van der Waals surface area (Å²) in [7, 11) is -3.60. The highest BCUT2D eigenvalue weighted by Crippen LogP contribution is 2.22. The van der Waals surface area contributed by atoms with Gasteiger partial charge >= 0.3 is 5.97 Å². The summed E-state index contributed by atoms with van der Waals surface area (Å²) in [6, 6.07) is 22.7. The van der Waals surface area contributed by atoms with E-state index < -0.39 is 16.0 Å². The predicted molar refractivity (Wildman–Crippen MR) is 102 cm³/mol. The molecule has 0 unspecified atom stereocenters. The van der Waals surface area contributed by atoms with Crippen LogP contribution in [0.4, 0.5) is 5.69 Å². The molecule has 0 bridgehead atoms. The number of benzene rings is 3. The van der Waals surface area contributed by atoms with Crippen molar-refractivity contribution in [1.29, 1.82) is 0 Å². The lowest BCUT2D eigenvalue weighted by Gasteiger charge is -2.09. The van der Waals surface area contributed by atoms with Gasteiger partial charge in [-0.25, -0.2) is 13.2 Å². The fraction of sp³-hybridized carbons (Fsp3) is 0.0500. The zero-order chi connectivity index (χ0) is 18.6. The van der Waals surface area contributed by atoms with Crippen LogP contribution in [0.5, 0.6) is 0 Å². The van der Waals surface area contributed by atoms with Gasteiger partial charge in [0, 0.05) is 5.69 Å². The third-order valence-electron chi connectivity index (χ3n) is 3.82. The van der Waals surface area contributed by atoms with E-state index in [4.69, 9.17) is 5.11 Å². The molecule has 6 heteroatoms. The summed E-state index contributed by atoms with van der Waals surface area (Å²) in [6.07, 6.45) is 0. The third-order valence-corrected chi connectivity index (χ3v) is 5.08. The van der Waals surface area contributed by atoms with E-state index in [9.17, 15) is 13.2 Å². The van der Waals surface area contributed by atoms with Crippen molar-refractivity contribution in [3.8, 4) is 11.1 Å². The summed E-state index contributed by atoms with van der Waals surface area (Å²) in [6.45, 7) is 0. The molecule has 3 rings (SSSR count). The summed E-state index contributed by atoms with van der Waals surface area (Å²) in [5, 5.41) is 8.88. The van der Waals surface area contributed by atoms with Crippen molar-refractivity contribution in [2.75, 3.05) is 4.72 Å². The van der Waals surface area contributed by atoms with Crippen LogP contribution in [0.25, 0.3) is 11.1 Å². The second-order valence-corrected chi connectivity index (χ2v) is 7.53. The van der Waals surface area contributed by atoms with Crippen LogP contribution in [0.2, 0.25) is 0 Å². The lowest BCUT2D eigenvalue weighted by atomic mass is 10.1. The number of hydrogen-bond donors (Lipinski definition) is 2. The topological polar surface area (TPSA) is 83.5 Å². The number of carboxylic acid groups (broad SMARTS) is 1. The van der Waals surface area contributed by atoms with E-state index in [1.54, 1.807) is 12.1 Å². The fourth-order valence-electron chi connectivity index (χ4n) is 2.54. The molecule has 0 aliphatic heterocycles. The Morgan fingerprint density at radius 3 is 1.96 bits per heavy atom. The molecule has 3 aromatic carbocycles. The van der Waals surface area contributed by atoms with Crippen LogP contribution in [0.1, 0.15) is 15.9 Å². The number of aromatic carboxylic acids is 1. The Balaban J connectivity index is 1.70. The molecule has 2 N–H and O–H groups in total. The lowest BCUT2D eigenvalue weighted by Crippen LogP contribution is -2.15. The van der Waals surface area contributed by atoms with Gasteiger partial charge in [0.05, 0.1) is 11.3 Å². The molecular formula is C20H17NO4S. The minimum Gasteiger partial charge on any atom is -0.478 e. The minimum absolute atomic E-state index is 0.121. The van der Waals surface area contributed by atoms with Crippen LogP contribution in [0.3, 0.4) is 0 Å². The first-order valence-corrected chi connectivity index (χ1v) is 9.56. The summed E-state index contributed by atoms with van der Waals surface area (Å²) in [5.74, 6) is -1.27. The van der Waals surface area contributed by atoms with E-state index in [0.717, 1.165) is 11.1 Å². The highest BCUT2D eigenvalue weighted by Gasteiger charge is 2.12. The average molecular weight is 367 g/mol. The maximum Gasteiger partial charge on any atom is 0.335 e. The van der Waals surface area contributed by atoms with Gasteiger partial charge in [0.15, 0.2) is 0 Å². The SMILES string of the molecule is O=C(O)c1ccc(CS(=O)(=O)Nc2ccc(-c3ccccc3)cc2)cc1. The van der Waals surface area contributed by atoms with Gasteiger partial charge in [-0.3, -0.25) is 4.72 Å². The van der Waals surface area contributed by atoms with Gasteiger partial charge in [-0.15, -0.1) is 0 Å². The molecule has 0 saturated carbocycles. The largest absolute Gasteiger partial charge is 0.478 e. The molecule has 5 nitrogen and oxygen atoms in total. The Morgan fingerprint density at radius 2 is 1.38 bits per heavy atom. The van der Waals surface area contributed by atoms with E-state index in [1.807, 2.05) is 42.5 Å². The van der Waals surface area contributed by atoms with Gasteiger partial charge in [-0.2, -0.15) is 0 Å². The zero-order valence-corrected chi connectivity index (χ0v) is 14.6. The van der Waals surface area contributed by atoms with Crippen molar-refractivity contribution >= 4 is 21.7 Å². The summed E-state index contributed by atoms with van der Waals surface area (Å²) < 4.78 is 27.2. The van der Waals surface area contributed by atoms with Crippen LogP contribution in [-0.4, -0.2) is 19.5 Å². The fourth-order valence-corrected chi connectivity index (χ4v) is 3.74. The van der Waals surface area contributed by atoms with E-state index in [0.29, 0.717) is 11.3 Å². The van der Waals surface area contributed by atoms with Crippen LogP contribution >= 0.6 is 0 Å². The summed E-state index contributed by atoms with van der Waals surface area (Å²) in [4.78, 5) is 10.8. The zero-order valence-electron chi connectivity index (χ0n) is 13.8. The molecule has 0 radical (unpaired) electrons. The molecule has 3 aromatic rings.